The third-order valence-corrected chi connectivity index (χ3v) is 10.3. The van der Waals surface area contributed by atoms with Gasteiger partial charge in [-0.3, -0.25) is 9.59 Å². The summed E-state index contributed by atoms with van der Waals surface area (Å²) in [6.07, 6.45) is 16.5. The van der Waals surface area contributed by atoms with E-state index in [4.69, 9.17) is 14.2 Å². The zero-order valence-electron chi connectivity index (χ0n) is 30.0. The van der Waals surface area contributed by atoms with Gasteiger partial charge in [-0.05, 0) is 76.0 Å². The average Bonchev–Trinajstić information content (AvgIpc) is 3.95. The fraction of sp³-hybridized carbons (Fsp3) is 0.400. The SMILES string of the molecule is C/C=C\C=C/c1cnc(C(=O)C2CCN(CCC3(c4ccccc4)CCN(C(=O)c4cc(OC)c(OC)c(OC)c4)C3)CC2)n1Cc1ncc[nH]1. The molecular weight excluding hydrogens is 644 g/mol. The summed E-state index contributed by atoms with van der Waals surface area (Å²) >= 11 is 0. The number of carbonyl (C=O) groups excluding carboxylic acids is 2. The fourth-order valence-electron chi connectivity index (χ4n) is 7.47. The van der Waals surface area contributed by atoms with Crippen LogP contribution < -0.4 is 14.2 Å². The van der Waals surface area contributed by atoms with E-state index in [1.807, 2.05) is 46.8 Å². The number of likely N-dealkylation sites (tertiary alicyclic amines) is 2. The van der Waals surface area contributed by atoms with E-state index in [2.05, 4.69) is 44.1 Å². The molecule has 2 aromatic heterocycles. The highest BCUT2D eigenvalue weighted by Gasteiger charge is 2.42. The van der Waals surface area contributed by atoms with Crippen LogP contribution in [-0.2, 0) is 12.0 Å². The number of nitrogens with zero attached hydrogens (tertiary/aromatic N) is 5. The van der Waals surface area contributed by atoms with E-state index in [9.17, 15) is 9.59 Å². The predicted molar refractivity (Wildman–Crippen MR) is 197 cm³/mol. The number of allylic oxidation sites excluding steroid dienone is 3. The van der Waals surface area contributed by atoms with E-state index in [1.165, 1.54) is 5.56 Å². The van der Waals surface area contributed by atoms with Crippen molar-refractivity contribution in [1.29, 1.82) is 0 Å². The molecule has 51 heavy (non-hydrogen) atoms. The number of carbonyl (C=O) groups is 2. The number of amides is 1. The van der Waals surface area contributed by atoms with Gasteiger partial charge in [0.05, 0.1) is 39.8 Å². The number of Topliss-reactive ketones (excluding diaryl/α,β-unsaturated/α-hetero) is 1. The zero-order chi connectivity index (χ0) is 35.8. The van der Waals surface area contributed by atoms with Crippen molar-refractivity contribution in [2.45, 2.75) is 44.6 Å². The van der Waals surface area contributed by atoms with Gasteiger partial charge in [-0.1, -0.05) is 48.6 Å². The minimum absolute atomic E-state index is 0.0581. The molecule has 0 radical (unpaired) electrons. The van der Waals surface area contributed by atoms with Crippen LogP contribution in [0, 0.1) is 5.92 Å². The van der Waals surface area contributed by atoms with Crippen LogP contribution in [0.25, 0.3) is 6.08 Å². The Hall–Kier alpha value is -5.16. The number of imidazole rings is 2. The van der Waals surface area contributed by atoms with Crippen LogP contribution in [0.15, 0.2) is 79.3 Å². The monoisotopic (exact) mass is 692 g/mol. The Morgan fingerprint density at radius 3 is 2.37 bits per heavy atom. The quantitative estimate of drug-likeness (QED) is 0.126. The minimum Gasteiger partial charge on any atom is -0.493 e. The number of methoxy groups -OCH3 is 3. The molecule has 0 spiro atoms. The second-order valence-corrected chi connectivity index (χ2v) is 13.3. The number of benzene rings is 2. The van der Waals surface area contributed by atoms with Gasteiger partial charge in [-0.25, -0.2) is 9.97 Å². The number of ketones is 1. The van der Waals surface area contributed by atoms with Crippen LogP contribution in [-0.4, -0.2) is 95.1 Å². The van der Waals surface area contributed by atoms with Crippen molar-refractivity contribution in [1.82, 2.24) is 29.3 Å². The number of hydrogen-bond donors (Lipinski definition) is 1. The van der Waals surface area contributed by atoms with E-state index < -0.39 is 0 Å². The maximum atomic E-state index is 13.9. The summed E-state index contributed by atoms with van der Waals surface area (Å²) in [5.41, 5.74) is 2.44. The molecule has 6 rings (SSSR count). The van der Waals surface area contributed by atoms with Crippen LogP contribution in [0.2, 0.25) is 0 Å². The van der Waals surface area contributed by atoms with Gasteiger partial charge < -0.3 is 33.6 Å². The summed E-state index contributed by atoms with van der Waals surface area (Å²) in [6.45, 7) is 6.24. The molecule has 268 valence electrons. The third-order valence-electron chi connectivity index (χ3n) is 10.3. The van der Waals surface area contributed by atoms with Crippen LogP contribution >= 0.6 is 0 Å². The lowest BCUT2D eigenvalue weighted by Crippen LogP contribution is -2.41. The number of piperidine rings is 1. The second kappa shape index (κ2) is 16.2. The molecule has 11 nitrogen and oxygen atoms in total. The van der Waals surface area contributed by atoms with Gasteiger partial charge in [0.1, 0.15) is 5.82 Å². The molecule has 2 aliphatic heterocycles. The molecule has 1 amide bonds. The highest BCUT2D eigenvalue weighted by Crippen LogP contribution is 2.41. The molecule has 0 aliphatic carbocycles. The van der Waals surface area contributed by atoms with Crippen molar-refractivity contribution in [2.75, 3.05) is 54.1 Å². The van der Waals surface area contributed by atoms with Crippen molar-refractivity contribution < 1.29 is 23.8 Å². The molecule has 1 atom stereocenters. The number of H-pyrrole nitrogens is 1. The molecule has 4 heterocycles. The number of hydrogen-bond acceptors (Lipinski definition) is 8. The van der Waals surface area contributed by atoms with E-state index in [0.717, 1.165) is 56.8 Å². The predicted octanol–water partition coefficient (Wildman–Crippen LogP) is 6.04. The molecule has 2 saturated heterocycles. The summed E-state index contributed by atoms with van der Waals surface area (Å²) in [5, 5.41) is 0. The topological polar surface area (TPSA) is 115 Å². The largest absolute Gasteiger partial charge is 0.493 e. The molecule has 2 aliphatic rings. The Balaban J connectivity index is 1.12. The maximum Gasteiger partial charge on any atom is 0.254 e. The molecule has 0 bridgehead atoms. The van der Waals surface area contributed by atoms with Gasteiger partial charge in [0.25, 0.3) is 5.91 Å². The van der Waals surface area contributed by atoms with Crippen molar-refractivity contribution in [3.8, 4) is 17.2 Å². The van der Waals surface area contributed by atoms with Crippen molar-refractivity contribution >= 4 is 17.8 Å². The molecule has 0 saturated carbocycles. The first-order valence-corrected chi connectivity index (χ1v) is 17.6. The van der Waals surface area contributed by atoms with Gasteiger partial charge in [-0.15, -0.1) is 0 Å². The zero-order valence-corrected chi connectivity index (χ0v) is 30.0. The molecule has 2 fully saturated rings. The first-order valence-electron chi connectivity index (χ1n) is 17.6. The number of nitrogens with one attached hydrogen (secondary N) is 1. The van der Waals surface area contributed by atoms with Crippen LogP contribution in [0.3, 0.4) is 0 Å². The Morgan fingerprint density at radius 1 is 0.980 bits per heavy atom. The van der Waals surface area contributed by atoms with E-state index in [1.54, 1.807) is 52.1 Å². The maximum absolute atomic E-state index is 13.9. The first kappa shape index (κ1) is 35.7. The van der Waals surface area contributed by atoms with Gasteiger partial charge in [0.15, 0.2) is 17.3 Å². The van der Waals surface area contributed by atoms with Crippen LogP contribution in [0.4, 0.5) is 0 Å². The van der Waals surface area contributed by atoms with E-state index in [-0.39, 0.29) is 23.0 Å². The van der Waals surface area contributed by atoms with Crippen molar-refractivity contribution in [2.24, 2.45) is 5.92 Å². The Morgan fingerprint density at radius 2 is 1.73 bits per heavy atom. The fourth-order valence-corrected chi connectivity index (χ4v) is 7.47. The molecule has 2 aromatic carbocycles. The molecule has 11 heteroatoms. The minimum atomic E-state index is -0.183. The highest BCUT2D eigenvalue weighted by molar-refractivity contribution is 5.96. The van der Waals surface area contributed by atoms with Crippen LogP contribution in [0.5, 0.6) is 17.2 Å². The summed E-state index contributed by atoms with van der Waals surface area (Å²) in [7, 11) is 4.66. The lowest BCUT2D eigenvalue weighted by atomic mass is 9.76. The lowest BCUT2D eigenvalue weighted by Gasteiger charge is -2.36. The summed E-state index contributed by atoms with van der Waals surface area (Å²) < 4.78 is 18.5. The number of ether oxygens (including phenoxy) is 3. The smallest absolute Gasteiger partial charge is 0.254 e. The summed E-state index contributed by atoms with van der Waals surface area (Å²) in [5.74, 6) is 2.58. The van der Waals surface area contributed by atoms with Gasteiger partial charge >= 0.3 is 0 Å². The van der Waals surface area contributed by atoms with Gasteiger partial charge in [-0.2, -0.15) is 0 Å². The molecule has 4 aromatic rings. The number of aromatic amines is 1. The van der Waals surface area contributed by atoms with Crippen molar-refractivity contribution in [3.05, 3.63) is 108 Å². The van der Waals surface area contributed by atoms with Crippen LogP contribution in [0.1, 0.15) is 70.7 Å². The Labute approximate surface area is 299 Å². The third kappa shape index (κ3) is 7.78. The van der Waals surface area contributed by atoms with Gasteiger partial charge in [0.2, 0.25) is 11.5 Å². The average molecular weight is 693 g/mol. The standard InChI is InChI=1S/C40H48N6O5/c1-5-6-8-13-32-26-43-38(46(32)27-35-41-18-19-42-35)36(47)29-14-20-44(21-15-29)22-16-40(31-11-9-7-10-12-31)17-23-45(28-40)39(48)30-24-33(49-2)37(51-4)34(25-30)50-3/h5-13,18-19,24-26,29H,14-17,20-23,27-28H2,1-4H3,(H,41,42)/b6-5-,13-8-. The normalized spacial score (nSPS) is 18.5. The Bertz CT molecular complexity index is 1820. The lowest BCUT2D eigenvalue weighted by molar-refractivity contribution is 0.0777. The second-order valence-electron chi connectivity index (χ2n) is 13.3. The molecular formula is C40H48N6O5. The number of rotatable bonds is 14. The van der Waals surface area contributed by atoms with E-state index >= 15 is 0 Å². The summed E-state index contributed by atoms with van der Waals surface area (Å²) in [6, 6.07) is 14.0. The number of aromatic nitrogens is 4. The van der Waals surface area contributed by atoms with E-state index in [0.29, 0.717) is 48.3 Å². The van der Waals surface area contributed by atoms with Gasteiger partial charge in [0, 0.05) is 42.4 Å². The molecule has 1 N–H and O–H groups in total. The first-order chi connectivity index (χ1) is 24.9. The molecule has 1 unspecified atom stereocenters. The highest BCUT2D eigenvalue weighted by atomic mass is 16.5. The van der Waals surface area contributed by atoms with Crippen molar-refractivity contribution in [3.63, 3.8) is 0 Å². The Kier molecular flexibility index (Phi) is 11.4. The summed E-state index contributed by atoms with van der Waals surface area (Å²) in [4.78, 5) is 44.4.